The molecule has 3 nitrogen and oxygen atoms in total. The van der Waals surface area contributed by atoms with E-state index in [4.69, 9.17) is 5.73 Å². The Balaban J connectivity index is 2.73. The number of hydrogen-bond acceptors (Lipinski definition) is 2. The lowest BCUT2D eigenvalue weighted by molar-refractivity contribution is -0.130. The average molecular weight is 210 g/mol. The topological polar surface area (TPSA) is 46.3 Å². The first-order valence-electron chi connectivity index (χ1n) is 4.82. The first-order valence-corrected chi connectivity index (χ1v) is 4.82. The molecule has 0 bridgehead atoms. The summed E-state index contributed by atoms with van der Waals surface area (Å²) in [7, 11) is 1.69. The van der Waals surface area contributed by atoms with Crippen LogP contribution in [0.25, 0.3) is 0 Å². The van der Waals surface area contributed by atoms with Gasteiger partial charge < -0.3 is 10.6 Å². The van der Waals surface area contributed by atoms with Crippen molar-refractivity contribution in [1.82, 2.24) is 4.90 Å². The number of hydrogen-bond donors (Lipinski definition) is 1. The third kappa shape index (κ3) is 2.94. The fourth-order valence-corrected chi connectivity index (χ4v) is 1.30. The second-order valence-corrected chi connectivity index (χ2v) is 3.46. The Morgan fingerprint density at radius 3 is 2.73 bits per heavy atom. The zero-order chi connectivity index (χ0) is 11.4. The summed E-state index contributed by atoms with van der Waals surface area (Å²) in [5.74, 6) is -0.405. The summed E-state index contributed by atoms with van der Waals surface area (Å²) in [4.78, 5) is 12.8. The number of amides is 1. The summed E-state index contributed by atoms with van der Waals surface area (Å²) in [6.07, 6.45) is 0.452. The van der Waals surface area contributed by atoms with Crippen LogP contribution >= 0.6 is 0 Å². The minimum absolute atomic E-state index is 0.0345. The second kappa shape index (κ2) is 4.77. The molecule has 0 aliphatic heterocycles. The molecule has 0 saturated carbocycles. The lowest BCUT2D eigenvalue weighted by Crippen LogP contribution is -2.25. The van der Waals surface area contributed by atoms with Gasteiger partial charge in [0.1, 0.15) is 5.82 Å². The minimum atomic E-state index is -0.440. The SMILES string of the molecule is CCC(=O)N(C)Cc1ccc(N)c(F)c1. The normalized spacial score (nSPS) is 10.1. The van der Waals surface area contributed by atoms with E-state index in [0.717, 1.165) is 5.56 Å². The number of carbonyl (C=O) groups excluding carboxylic acids is 1. The highest BCUT2D eigenvalue weighted by Crippen LogP contribution is 2.13. The molecule has 0 atom stereocenters. The summed E-state index contributed by atoms with van der Waals surface area (Å²) in [6, 6.07) is 4.58. The second-order valence-electron chi connectivity index (χ2n) is 3.46. The van der Waals surface area contributed by atoms with Crippen molar-refractivity contribution in [2.45, 2.75) is 19.9 Å². The first kappa shape index (κ1) is 11.5. The van der Waals surface area contributed by atoms with Crippen LogP contribution in [0.2, 0.25) is 0 Å². The van der Waals surface area contributed by atoms with Crippen LogP contribution in [0.4, 0.5) is 10.1 Å². The van der Waals surface area contributed by atoms with Gasteiger partial charge in [-0.3, -0.25) is 4.79 Å². The highest BCUT2D eigenvalue weighted by atomic mass is 19.1. The fraction of sp³-hybridized carbons (Fsp3) is 0.364. The number of halogens is 1. The van der Waals surface area contributed by atoms with Crippen LogP contribution in [0.5, 0.6) is 0 Å². The van der Waals surface area contributed by atoms with Crippen molar-refractivity contribution in [2.75, 3.05) is 12.8 Å². The fourth-order valence-electron chi connectivity index (χ4n) is 1.30. The highest BCUT2D eigenvalue weighted by Gasteiger charge is 2.07. The van der Waals surface area contributed by atoms with Crippen LogP contribution < -0.4 is 5.73 Å². The average Bonchev–Trinajstić information content (AvgIpc) is 2.22. The summed E-state index contributed by atoms with van der Waals surface area (Å²) >= 11 is 0. The molecular formula is C11H15FN2O. The number of benzene rings is 1. The molecule has 0 radical (unpaired) electrons. The van der Waals surface area contributed by atoms with Gasteiger partial charge in [0.15, 0.2) is 0 Å². The van der Waals surface area contributed by atoms with Crippen LogP contribution in [-0.4, -0.2) is 17.9 Å². The summed E-state index contributed by atoms with van der Waals surface area (Å²) in [6.45, 7) is 2.20. The van der Waals surface area contributed by atoms with E-state index in [1.165, 1.54) is 12.1 Å². The first-order chi connectivity index (χ1) is 7.04. The van der Waals surface area contributed by atoms with E-state index in [0.29, 0.717) is 13.0 Å². The van der Waals surface area contributed by atoms with Gasteiger partial charge in [0.05, 0.1) is 5.69 Å². The number of nitrogen functional groups attached to an aromatic ring is 1. The van der Waals surface area contributed by atoms with Crippen LogP contribution in [0.15, 0.2) is 18.2 Å². The van der Waals surface area contributed by atoms with Gasteiger partial charge in [-0.15, -0.1) is 0 Å². The van der Waals surface area contributed by atoms with Gasteiger partial charge in [0.2, 0.25) is 5.91 Å². The van der Waals surface area contributed by atoms with Gasteiger partial charge in [0, 0.05) is 20.0 Å². The van der Waals surface area contributed by atoms with E-state index in [-0.39, 0.29) is 11.6 Å². The van der Waals surface area contributed by atoms with Gasteiger partial charge in [-0.05, 0) is 17.7 Å². The third-order valence-electron chi connectivity index (χ3n) is 2.21. The van der Waals surface area contributed by atoms with Gasteiger partial charge in [-0.1, -0.05) is 13.0 Å². The summed E-state index contributed by atoms with van der Waals surface area (Å²) in [5.41, 5.74) is 6.22. The third-order valence-corrected chi connectivity index (χ3v) is 2.21. The quantitative estimate of drug-likeness (QED) is 0.773. The van der Waals surface area contributed by atoms with Gasteiger partial charge in [0.25, 0.3) is 0 Å². The maximum absolute atomic E-state index is 13.1. The molecule has 1 aromatic carbocycles. The molecule has 82 valence electrons. The molecule has 0 spiro atoms. The molecule has 2 N–H and O–H groups in total. The molecule has 0 fully saturated rings. The van der Waals surface area contributed by atoms with Crippen LogP contribution in [0.1, 0.15) is 18.9 Å². The zero-order valence-electron chi connectivity index (χ0n) is 8.96. The zero-order valence-corrected chi connectivity index (χ0v) is 8.96. The van der Waals surface area contributed by atoms with Crippen LogP contribution in [0, 0.1) is 5.82 Å². The van der Waals surface area contributed by atoms with E-state index < -0.39 is 5.82 Å². The van der Waals surface area contributed by atoms with E-state index in [1.807, 2.05) is 0 Å². The van der Waals surface area contributed by atoms with Crippen molar-refractivity contribution in [1.29, 1.82) is 0 Å². The molecule has 4 heteroatoms. The number of nitrogens with two attached hydrogens (primary N) is 1. The molecule has 0 aromatic heterocycles. The standard InChI is InChI=1S/C11H15FN2O/c1-3-11(15)14(2)7-8-4-5-10(13)9(12)6-8/h4-6H,3,7,13H2,1-2H3. The predicted octanol–water partition coefficient (Wildman–Crippen LogP) is 1.78. The number of rotatable bonds is 3. The van der Waals surface area contributed by atoms with Crippen LogP contribution in [-0.2, 0) is 11.3 Å². The molecule has 0 aliphatic rings. The summed E-state index contributed by atoms with van der Waals surface area (Å²) in [5, 5.41) is 0. The Morgan fingerprint density at radius 2 is 2.20 bits per heavy atom. The van der Waals surface area contributed by atoms with Crippen molar-refractivity contribution >= 4 is 11.6 Å². The highest BCUT2D eigenvalue weighted by molar-refractivity contribution is 5.75. The largest absolute Gasteiger partial charge is 0.396 e. The summed E-state index contributed by atoms with van der Waals surface area (Å²) < 4.78 is 13.1. The van der Waals surface area contributed by atoms with Crippen molar-refractivity contribution < 1.29 is 9.18 Å². The van der Waals surface area contributed by atoms with Gasteiger partial charge in [-0.25, -0.2) is 4.39 Å². The Bertz CT molecular complexity index is 366. The molecule has 0 heterocycles. The van der Waals surface area contributed by atoms with Crippen molar-refractivity contribution in [3.05, 3.63) is 29.6 Å². The van der Waals surface area contributed by atoms with Crippen molar-refractivity contribution in [3.8, 4) is 0 Å². The van der Waals surface area contributed by atoms with E-state index in [1.54, 1.807) is 24.9 Å². The van der Waals surface area contributed by atoms with Crippen LogP contribution in [0.3, 0.4) is 0 Å². The maximum atomic E-state index is 13.1. The van der Waals surface area contributed by atoms with Gasteiger partial charge in [-0.2, -0.15) is 0 Å². The Kier molecular flexibility index (Phi) is 3.66. The molecule has 1 aromatic rings. The molecule has 15 heavy (non-hydrogen) atoms. The Morgan fingerprint density at radius 1 is 1.53 bits per heavy atom. The molecule has 1 rings (SSSR count). The number of carbonyl (C=O) groups is 1. The number of anilines is 1. The predicted molar refractivity (Wildman–Crippen MR) is 57.6 cm³/mol. The number of nitrogens with zero attached hydrogens (tertiary/aromatic N) is 1. The van der Waals surface area contributed by atoms with E-state index in [9.17, 15) is 9.18 Å². The molecule has 0 unspecified atom stereocenters. The Hall–Kier alpha value is -1.58. The monoisotopic (exact) mass is 210 g/mol. The van der Waals surface area contributed by atoms with Crippen molar-refractivity contribution in [3.63, 3.8) is 0 Å². The molecular weight excluding hydrogens is 195 g/mol. The van der Waals surface area contributed by atoms with E-state index in [2.05, 4.69) is 0 Å². The molecule has 0 saturated heterocycles. The lowest BCUT2D eigenvalue weighted by atomic mass is 10.2. The maximum Gasteiger partial charge on any atom is 0.222 e. The molecule has 0 aliphatic carbocycles. The van der Waals surface area contributed by atoms with E-state index >= 15 is 0 Å². The Labute approximate surface area is 88.7 Å². The lowest BCUT2D eigenvalue weighted by Gasteiger charge is -2.16. The van der Waals surface area contributed by atoms with Crippen molar-refractivity contribution in [2.24, 2.45) is 0 Å². The van der Waals surface area contributed by atoms with Gasteiger partial charge >= 0.3 is 0 Å². The molecule has 1 amide bonds. The minimum Gasteiger partial charge on any atom is -0.396 e. The smallest absolute Gasteiger partial charge is 0.222 e.